The van der Waals surface area contributed by atoms with Gasteiger partial charge in [0, 0.05) is 14.1 Å². The highest BCUT2D eigenvalue weighted by molar-refractivity contribution is 9.10. The predicted molar refractivity (Wildman–Crippen MR) is 79.4 cm³/mol. The molecule has 0 spiro atoms. The van der Waals surface area contributed by atoms with E-state index in [1.807, 2.05) is 19.0 Å². The number of anilines is 1. The monoisotopic (exact) mass is 377 g/mol. The maximum atomic E-state index is 14.1. The van der Waals surface area contributed by atoms with Crippen molar-refractivity contribution in [2.75, 3.05) is 19.0 Å². The minimum Gasteiger partial charge on any atom is -0.478 e. The summed E-state index contributed by atoms with van der Waals surface area (Å²) in [6.45, 7) is 0. The summed E-state index contributed by atoms with van der Waals surface area (Å²) in [5, 5.41) is 17.5. The van der Waals surface area contributed by atoms with Gasteiger partial charge in [-0.25, -0.2) is 9.18 Å². The first-order valence-corrected chi connectivity index (χ1v) is 7.72. The number of carboxylic acid groups (broad SMARTS) is 1. The van der Waals surface area contributed by atoms with Gasteiger partial charge in [0.05, 0.1) is 14.9 Å². The summed E-state index contributed by atoms with van der Waals surface area (Å²) in [6.07, 6.45) is 0. The van der Waals surface area contributed by atoms with Crippen molar-refractivity contribution in [1.29, 1.82) is 0 Å². The molecule has 0 unspecified atom stereocenters. The highest BCUT2D eigenvalue weighted by Crippen LogP contribution is 2.37. The highest BCUT2D eigenvalue weighted by atomic mass is 79.9. The second-order valence-corrected chi connectivity index (χ2v) is 6.93. The molecule has 106 valence electrons. The lowest BCUT2D eigenvalue weighted by molar-refractivity contribution is 0.0695. The maximum Gasteiger partial charge on any atom is 0.336 e. The van der Waals surface area contributed by atoms with Gasteiger partial charge < -0.3 is 10.0 Å². The summed E-state index contributed by atoms with van der Waals surface area (Å²) in [4.78, 5) is 13.0. The Morgan fingerprint density at radius 1 is 1.45 bits per heavy atom. The number of hydrogen-bond acceptors (Lipinski definition) is 6. The van der Waals surface area contributed by atoms with Crippen LogP contribution in [-0.4, -0.2) is 35.4 Å². The standard InChI is InChI=1S/C11H9BrFN3O2S2/c1-16(2)10-14-15-11(20-10)19-6-4-3-5(9(17)18)7(12)8(6)13/h3-4H,1-2H3,(H,17,18). The van der Waals surface area contributed by atoms with E-state index in [4.69, 9.17) is 5.11 Å². The SMILES string of the molecule is CN(C)c1nnc(Sc2ccc(C(=O)O)c(Br)c2F)s1. The summed E-state index contributed by atoms with van der Waals surface area (Å²) in [7, 11) is 3.68. The molecule has 1 aromatic carbocycles. The zero-order valence-corrected chi connectivity index (χ0v) is 13.6. The Morgan fingerprint density at radius 3 is 2.70 bits per heavy atom. The molecule has 5 nitrogen and oxygen atoms in total. The first-order valence-electron chi connectivity index (χ1n) is 5.30. The maximum absolute atomic E-state index is 14.1. The summed E-state index contributed by atoms with van der Waals surface area (Å²) in [5.41, 5.74) is -0.113. The first kappa shape index (κ1) is 15.2. The third-order valence-corrected chi connectivity index (χ3v) is 5.21. The number of carbonyl (C=O) groups is 1. The van der Waals surface area contributed by atoms with E-state index in [0.717, 1.165) is 11.8 Å². The number of aromatic carboxylic acids is 1. The molecule has 0 bridgehead atoms. The van der Waals surface area contributed by atoms with Crippen LogP contribution in [0.3, 0.4) is 0 Å². The number of aromatic nitrogens is 2. The molecule has 1 heterocycles. The summed E-state index contributed by atoms with van der Waals surface area (Å²) in [5.74, 6) is -1.80. The summed E-state index contributed by atoms with van der Waals surface area (Å²) < 4.78 is 14.6. The van der Waals surface area contributed by atoms with Gasteiger partial charge >= 0.3 is 5.97 Å². The fourth-order valence-electron chi connectivity index (χ4n) is 1.29. The van der Waals surface area contributed by atoms with Crippen molar-refractivity contribution in [3.63, 3.8) is 0 Å². The molecule has 0 aliphatic rings. The van der Waals surface area contributed by atoms with E-state index in [2.05, 4.69) is 26.1 Å². The molecule has 0 fully saturated rings. The molecule has 0 atom stereocenters. The van der Waals surface area contributed by atoms with Gasteiger partial charge in [0.15, 0.2) is 10.2 Å². The van der Waals surface area contributed by atoms with E-state index in [1.165, 1.54) is 23.5 Å². The van der Waals surface area contributed by atoms with Crippen LogP contribution in [0.5, 0.6) is 0 Å². The molecule has 1 aromatic heterocycles. The van der Waals surface area contributed by atoms with Crippen LogP contribution < -0.4 is 4.90 Å². The van der Waals surface area contributed by atoms with E-state index in [9.17, 15) is 9.18 Å². The Labute approximate surface area is 131 Å². The molecule has 0 saturated heterocycles. The smallest absolute Gasteiger partial charge is 0.336 e. The van der Waals surface area contributed by atoms with Crippen molar-refractivity contribution in [1.82, 2.24) is 10.2 Å². The van der Waals surface area contributed by atoms with Crippen molar-refractivity contribution in [3.8, 4) is 0 Å². The number of halogens is 2. The molecule has 2 rings (SSSR count). The topological polar surface area (TPSA) is 66.3 Å². The Hall–Kier alpha value is -1.19. The third kappa shape index (κ3) is 3.10. The minimum absolute atomic E-state index is 0.0626. The van der Waals surface area contributed by atoms with Gasteiger partial charge in [-0.1, -0.05) is 23.1 Å². The van der Waals surface area contributed by atoms with Crippen molar-refractivity contribution >= 4 is 50.1 Å². The summed E-state index contributed by atoms with van der Waals surface area (Å²) in [6, 6.07) is 2.77. The van der Waals surface area contributed by atoms with E-state index in [1.54, 1.807) is 0 Å². The predicted octanol–water partition coefficient (Wildman–Crippen LogP) is 3.36. The lowest BCUT2D eigenvalue weighted by Gasteiger charge is -2.05. The molecule has 0 aliphatic heterocycles. The number of benzene rings is 1. The van der Waals surface area contributed by atoms with Crippen LogP contribution in [0.2, 0.25) is 0 Å². The van der Waals surface area contributed by atoms with Crippen molar-refractivity contribution in [2.45, 2.75) is 9.24 Å². The van der Waals surface area contributed by atoms with Crippen molar-refractivity contribution in [3.05, 3.63) is 28.0 Å². The Morgan fingerprint density at radius 2 is 2.15 bits per heavy atom. The van der Waals surface area contributed by atoms with Gasteiger partial charge in [0.25, 0.3) is 0 Å². The van der Waals surface area contributed by atoms with Crippen LogP contribution in [-0.2, 0) is 0 Å². The molecular weight excluding hydrogens is 369 g/mol. The van der Waals surface area contributed by atoms with Gasteiger partial charge in [-0.05, 0) is 28.1 Å². The Balaban J connectivity index is 2.29. The lowest BCUT2D eigenvalue weighted by Crippen LogP contribution is -2.07. The molecule has 0 radical (unpaired) electrons. The number of hydrogen-bond donors (Lipinski definition) is 1. The van der Waals surface area contributed by atoms with E-state index < -0.39 is 11.8 Å². The van der Waals surface area contributed by atoms with Crippen LogP contribution in [0.4, 0.5) is 9.52 Å². The Kier molecular flexibility index (Phi) is 4.61. The average Bonchev–Trinajstić information content (AvgIpc) is 2.83. The van der Waals surface area contributed by atoms with E-state index >= 15 is 0 Å². The van der Waals surface area contributed by atoms with Crippen LogP contribution >= 0.6 is 39.0 Å². The number of nitrogens with zero attached hydrogens (tertiary/aromatic N) is 3. The second kappa shape index (κ2) is 6.06. The van der Waals surface area contributed by atoms with Crippen molar-refractivity contribution < 1.29 is 14.3 Å². The zero-order valence-electron chi connectivity index (χ0n) is 10.4. The van der Waals surface area contributed by atoms with Gasteiger partial charge in [0.1, 0.15) is 0 Å². The van der Waals surface area contributed by atoms with Crippen LogP contribution in [0, 0.1) is 5.82 Å². The Bertz CT molecular complexity index is 663. The normalized spacial score (nSPS) is 10.6. The van der Waals surface area contributed by atoms with Gasteiger partial charge in [-0.3, -0.25) is 0 Å². The first-order chi connectivity index (χ1) is 9.40. The molecule has 2 aromatic rings. The van der Waals surface area contributed by atoms with Gasteiger partial charge in [0.2, 0.25) is 5.13 Å². The second-order valence-electron chi connectivity index (χ2n) is 3.89. The van der Waals surface area contributed by atoms with E-state index in [-0.39, 0.29) is 10.0 Å². The van der Waals surface area contributed by atoms with Gasteiger partial charge in [-0.15, -0.1) is 10.2 Å². The average molecular weight is 378 g/mol. The molecule has 20 heavy (non-hydrogen) atoms. The molecule has 9 heteroatoms. The van der Waals surface area contributed by atoms with Crippen molar-refractivity contribution in [2.24, 2.45) is 0 Å². The molecule has 1 N–H and O–H groups in total. The van der Waals surface area contributed by atoms with E-state index in [0.29, 0.717) is 14.4 Å². The molecule has 0 aliphatic carbocycles. The van der Waals surface area contributed by atoms with Crippen LogP contribution in [0.15, 0.2) is 25.8 Å². The number of rotatable bonds is 4. The highest BCUT2D eigenvalue weighted by Gasteiger charge is 2.18. The van der Waals surface area contributed by atoms with Crippen LogP contribution in [0.1, 0.15) is 10.4 Å². The molecule has 0 amide bonds. The third-order valence-electron chi connectivity index (χ3n) is 2.25. The minimum atomic E-state index is -1.18. The largest absolute Gasteiger partial charge is 0.478 e. The fraction of sp³-hybridized carbons (Fsp3) is 0.182. The van der Waals surface area contributed by atoms with Gasteiger partial charge in [-0.2, -0.15) is 0 Å². The zero-order chi connectivity index (χ0) is 14.9. The number of carboxylic acids is 1. The molecular formula is C11H9BrFN3O2S2. The van der Waals surface area contributed by atoms with Crippen LogP contribution in [0.25, 0.3) is 0 Å². The quantitative estimate of drug-likeness (QED) is 0.880. The lowest BCUT2D eigenvalue weighted by atomic mass is 10.2. The molecule has 0 saturated carbocycles. The summed E-state index contributed by atoms with van der Waals surface area (Å²) >= 11 is 5.40. The fourth-order valence-corrected chi connectivity index (χ4v) is 3.70.